The molecular weight excluding hydrogens is 274 g/mol. The molecule has 1 N–H and O–H groups in total. The lowest BCUT2D eigenvalue weighted by Crippen LogP contribution is -2.38. The molecule has 0 bridgehead atoms. The Balaban J connectivity index is 2.09. The third kappa shape index (κ3) is 2.19. The maximum Gasteiger partial charge on any atom is 0.245 e. The number of hydrogen-bond donors (Lipinski definition) is 1. The van der Waals surface area contributed by atoms with Gasteiger partial charge in [-0.2, -0.15) is 4.31 Å². The van der Waals surface area contributed by atoms with Crippen molar-refractivity contribution in [2.45, 2.75) is 17.4 Å². The highest BCUT2D eigenvalue weighted by molar-refractivity contribution is 7.89. The van der Waals surface area contributed by atoms with Crippen LogP contribution < -0.4 is 5.32 Å². The molecule has 5 nitrogen and oxygen atoms in total. The molecule has 1 unspecified atom stereocenters. The van der Waals surface area contributed by atoms with E-state index in [1.54, 1.807) is 25.4 Å². The molecule has 20 heavy (non-hydrogen) atoms. The van der Waals surface area contributed by atoms with Gasteiger partial charge in [0, 0.05) is 31.2 Å². The monoisotopic (exact) mass is 291 g/mol. The number of aromatic nitrogens is 1. The number of benzene rings is 1. The first-order valence-electron chi connectivity index (χ1n) is 6.63. The molecule has 2 aromatic rings. The van der Waals surface area contributed by atoms with Crippen molar-refractivity contribution >= 4 is 20.9 Å². The molecule has 1 aliphatic rings. The minimum Gasteiger partial charge on any atom is -0.315 e. The van der Waals surface area contributed by atoms with Gasteiger partial charge in [0.2, 0.25) is 10.0 Å². The lowest BCUT2D eigenvalue weighted by atomic mass is 10.2. The average Bonchev–Trinajstić information content (AvgIpc) is 2.99. The summed E-state index contributed by atoms with van der Waals surface area (Å²) in [6.45, 7) is 1.56. The number of nitrogens with zero attached hydrogens (tertiary/aromatic N) is 2. The maximum atomic E-state index is 12.8. The fraction of sp³-hybridized carbons (Fsp3) is 0.357. The van der Waals surface area contributed by atoms with Gasteiger partial charge in [-0.1, -0.05) is 18.2 Å². The lowest BCUT2D eigenvalue weighted by molar-refractivity contribution is 0.388. The average molecular weight is 291 g/mol. The number of para-hydroxylation sites is 1. The van der Waals surface area contributed by atoms with Crippen LogP contribution in [0.25, 0.3) is 10.9 Å². The van der Waals surface area contributed by atoms with Gasteiger partial charge in [-0.3, -0.25) is 4.98 Å². The molecule has 0 aliphatic carbocycles. The Kier molecular flexibility index (Phi) is 3.45. The van der Waals surface area contributed by atoms with E-state index in [-0.39, 0.29) is 10.9 Å². The van der Waals surface area contributed by atoms with E-state index in [4.69, 9.17) is 0 Å². The Bertz CT molecular complexity index is 719. The van der Waals surface area contributed by atoms with Crippen molar-refractivity contribution in [3.05, 3.63) is 36.5 Å². The second kappa shape index (κ2) is 5.12. The van der Waals surface area contributed by atoms with Crippen LogP contribution in [0.5, 0.6) is 0 Å². The van der Waals surface area contributed by atoms with Gasteiger partial charge < -0.3 is 5.32 Å². The molecule has 1 aromatic carbocycles. The molecule has 1 fully saturated rings. The fourth-order valence-corrected chi connectivity index (χ4v) is 4.13. The van der Waals surface area contributed by atoms with Gasteiger partial charge in [0.25, 0.3) is 0 Å². The van der Waals surface area contributed by atoms with E-state index in [0.717, 1.165) is 18.4 Å². The summed E-state index contributed by atoms with van der Waals surface area (Å²) in [5.41, 5.74) is 0.535. The Labute approximate surface area is 118 Å². The van der Waals surface area contributed by atoms with E-state index in [1.807, 2.05) is 18.2 Å². The summed E-state index contributed by atoms with van der Waals surface area (Å²) in [5.74, 6) is 0. The van der Waals surface area contributed by atoms with Crippen LogP contribution in [0.3, 0.4) is 0 Å². The molecule has 1 atom stereocenters. The Morgan fingerprint density at radius 1 is 1.30 bits per heavy atom. The minimum absolute atomic E-state index is 0.0129. The summed E-state index contributed by atoms with van der Waals surface area (Å²) < 4.78 is 27.1. The molecule has 0 saturated carbocycles. The summed E-state index contributed by atoms with van der Waals surface area (Å²) in [7, 11) is -1.87. The van der Waals surface area contributed by atoms with Crippen LogP contribution in [-0.2, 0) is 10.0 Å². The van der Waals surface area contributed by atoms with Crippen molar-refractivity contribution < 1.29 is 8.42 Å². The molecule has 3 rings (SSSR count). The number of pyridine rings is 1. The van der Waals surface area contributed by atoms with Crippen molar-refractivity contribution in [3.63, 3.8) is 0 Å². The van der Waals surface area contributed by atoms with Gasteiger partial charge in [0.05, 0.1) is 5.52 Å². The summed E-state index contributed by atoms with van der Waals surface area (Å²) in [4.78, 5) is 4.52. The van der Waals surface area contributed by atoms with Gasteiger partial charge in [0.15, 0.2) is 0 Å². The highest BCUT2D eigenvalue weighted by atomic mass is 32.2. The Hall–Kier alpha value is -1.50. The van der Waals surface area contributed by atoms with Crippen molar-refractivity contribution in [1.82, 2.24) is 14.6 Å². The van der Waals surface area contributed by atoms with Crippen molar-refractivity contribution in [3.8, 4) is 0 Å². The predicted molar refractivity (Wildman–Crippen MR) is 78.0 cm³/mol. The second-order valence-corrected chi connectivity index (χ2v) is 6.97. The zero-order valence-corrected chi connectivity index (χ0v) is 12.1. The van der Waals surface area contributed by atoms with Crippen LogP contribution in [0, 0.1) is 0 Å². The van der Waals surface area contributed by atoms with Crippen molar-refractivity contribution in [2.75, 3.05) is 20.1 Å². The highest BCUT2D eigenvalue weighted by Crippen LogP contribution is 2.25. The highest BCUT2D eigenvalue weighted by Gasteiger charge is 2.31. The second-order valence-electron chi connectivity index (χ2n) is 5.00. The number of hydrogen-bond acceptors (Lipinski definition) is 4. The summed E-state index contributed by atoms with van der Waals surface area (Å²) in [6, 6.07) is 8.96. The molecule has 0 spiro atoms. The molecule has 0 radical (unpaired) electrons. The summed E-state index contributed by atoms with van der Waals surface area (Å²) in [6.07, 6.45) is 2.46. The topological polar surface area (TPSA) is 62.3 Å². The van der Waals surface area contributed by atoms with Crippen LogP contribution in [0.1, 0.15) is 6.42 Å². The first kappa shape index (κ1) is 13.5. The molecule has 1 saturated heterocycles. The van der Waals surface area contributed by atoms with Crippen LogP contribution in [-0.4, -0.2) is 43.9 Å². The van der Waals surface area contributed by atoms with Gasteiger partial charge >= 0.3 is 0 Å². The third-order valence-electron chi connectivity index (χ3n) is 3.80. The molecule has 1 aromatic heterocycles. The zero-order valence-electron chi connectivity index (χ0n) is 11.3. The normalized spacial score (nSPS) is 19.8. The van der Waals surface area contributed by atoms with Gasteiger partial charge in [0.1, 0.15) is 4.90 Å². The smallest absolute Gasteiger partial charge is 0.245 e. The van der Waals surface area contributed by atoms with Crippen molar-refractivity contribution in [2.24, 2.45) is 0 Å². The lowest BCUT2D eigenvalue weighted by Gasteiger charge is -2.23. The maximum absolute atomic E-state index is 12.8. The quantitative estimate of drug-likeness (QED) is 0.923. The molecular formula is C14H17N3O2S. The number of sulfonamides is 1. The van der Waals surface area contributed by atoms with E-state index in [0.29, 0.717) is 12.1 Å². The standard InChI is InChI=1S/C14H17N3O2S/c1-17(12-7-9-15-10-12)20(18,19)13-6-2-4-11-5-3-8-16-14(11)13/h2-6,8,12,15H,7,9-10H2,1H3. The Morgan fingerprint density at radius 2 is 2.10 bits per heavy atom. The van der Waals surface area contributed by atoms with Crippen LogP contribution >= 0.6 is 0 Å². The van der Waals surface area contributed by atoms with Gasteiger partial charge in [-0.05, 0) is 25.1 Å². The predicted octanol–water partition coefficient (Wildman–Crippen LogP) is 1.22. The van der Waals surface area contributed by atoms with E-state index in [1.165, 1.54) is 4.31 Å². The Morgan fingerprint density at radius 3 is 2.85 bits per heavy atom. The summed E-state index contributed by atoms with van der Waals surface area (Å²) in [5, 5.41) is 4.03. The third-order valence-corrected chi connectivity index (χ3v) is 5.74. The van der Waals surface area contributed by atoms with E-state index < -0.39 is 10.0 Å². The fourth-order valence-electron chi connectivity index (χ4n) is 2.59. The van der Waals surface area contributed by atoms with Crippen LogP contribution in [0.2, 0.25) is 0 Å². The van der Waals surface area contributed by atoms with Gasteiger partial charge in [-0.25, -0.2) is 8.42 Å². The van der Waals surface area contributed by atoms with E-state index >= 15 is 0 Å². The van der Waals surface area contributed by atoms with Crippen LogP contribution in [0.4, 0.5) is 0 Å². The SMILES string of the molecule is CN(C1CCNC1)S(=O)(=O)c1cccc2cccnc12. The van der Waals surface area contributed by atoms with Crippen molar-refractivity contribution in [1.29, 1.82) is 0 Å². The molecule has 0 amide bonds. The minimum atomic E-state index is -3.52. The zero-order chi connectivity index (χ0) is 14.2. The number of fused-ring (bicyclic) bond motifs is 1. The van der Waals surface area contributed by atoms with Crippen LogP contribution in [0.15, 0.2) is 41.4 Å². The first-order chi connectivity index (χ1) is 9.60. The number of rotatable bonds is 3. The summed E-state index contributed by atoms with van der Waals surface area (Å²) >= 11 is 0. The molecule has 2 heterocycles. The van der Waals surface area contributed by atoms with E-state index in [9.17, 15) is 8.42 Å². The first-order valence-corrected chi connectivity index (χ1v) is 8.07. The number of likely N-dealkylation sites (N-methyl/N-ethyl adjacent to an activating group) is 1. The largest absolute Gasteiger partial charge is 0.315 e. The number of nitrogens with one attached hydrogen (secondary N) is 1. The molecule has 1 aliphatic heterocycles. The molecule has 106 valence electrons. The molecule has 6 heteroatoms. The van der Waals surface area contributed by atoms with E-state index in [2.05, 4.69) is 10.3 Å². The van der Waals surface area contributed by atoms with Gasteiger partial charge in [-0.15, -0.1) is 0 Å².